The lowest BCUT2D eigenvalue weighted by Gasteiger charge is -2.53. The van der Waals surface area contributed by atoms with E-state index in [0.717, 1.165) is 26.1 Å². The van der Waals surface area contributed by atoms with E-state index in [9.17, 15) is 8.42 Å². The standard InChI is InChI=1S/C8H14O4S/c1-11-13(9,10)4-7-2-8(3-7)5-12-6-8/h7H,2-6H2,1H3. The maximum absolute atomic E-state index is 11.1. The summed E-state index contributed by atoms with van der Waals surface area (Å²) in [7, 11) is -2.04. The summed E-state index contributed by atoms with van der Waals surface area (Å²) in [5, 5.41) is 0. The fraction of sp³-hybridized carbons (Fsp3) is 1.00. The van der Waals surface area contributed by atoms with E-state index in [2.05, 4.69) is 4.18 Å². The van der Waals surface area contributed by atoms with Gasteiger partial charge < -0.3 is 4.74 Å². The molecule has 1 heterocycles. The van der Waals surface area contributed by atoms with E-state index in [1.807, 2.05) is 0 Å². The highest BCUT2D eigenvalue weighted by molar-refractivity contribution is 7.86. The summed E-state index contributed by atoms with van der Waals surface area (Å²) in [5.41, 5.74) is 0.341. The molecule has 0 unspecified atom stereocenters. The SMILES string of the molecule is COS(=O)(=O)CC1CC2(COC2)C1. The van der Waals surface area contributed by atoms with Crippen LogP contribution in [0.2, 0.25) is 0 Å². The molecule has 1 aliphatic carbocycles. The third-order valence-corrected chi connectivity index (χ3v) is 4.34. The minimum Gasteiger partial charge on any atom is -0.380 e. The number of rotatable bonds is 3. The van der Waals surface area contributed by atoms with Gasteiger partial charge in [-0.05, 0) is 18.8 Å². The maximum atomic E-state index is 11.1. The first kappa shape index (κ1) is 9.43. The summed E-state index contributed by atoms with van der Waals surface area (Å²) in [6.45, 7) is 1.63. The normalized spacial score (nSPS) is 26.8. The van der Waals surface area contributed by atoms with Crippen molar-refractivity contribution in [2.24, 2.45) is 11.3 Å². The molecular weight excluding hydrogens is 192 g/mol. The number of ether oxygens (including phenoxy) is 1. The third-order valence-electron chi connectivity index (χ3n) is 2.95. The molecule has 0 aromatic heterocycles. The fourth-order valence-corrected chi connectivity index (χ4v) is 3.22. The maximum Gasteiger partial charge on any atom is 0.267 e. The lowest BCUT2D eigenvalue weighted by Crippen LogP contribution is -2.53. The molecule has 0 bridgehead atoms. The van der Waals surface area contributed by atoms with Crippen LogP contribution in [0.4, 0.5) is 0 Å². The highest BCUT2D eigenvalue weighted by Crippen LogP contribution is 2.50. The van der Waals surface area contributed by atoms with Crippen molar-refractivity contribution in [3.63, 3.8) is 0 Å². The molecule has 0 N–H and O–H groups in total. The fourth-order valence-electron chi connectivity index (χ4n) is 2.27. The molecule has 2 fully saturated rings. The van der Waals surface area contributed by atoms with E-state index in [0.29, 0.717) is 5.41 Å². The second-order valence-electron chi connectivity index (χ2n) is 4.16. The molecular formula is C8H14O4S. The number of hydrogen-bond acceptors (Lipinski definition) is 4. The van der Waals surface area contributed by atoms with Crippen LogP contribution in [-0.2, 0) is 19.0 Å². The Morgan fingerprint density at radius 2 is 2.08 bits per heavy atom. The number of hydrogen-bond donors (Lipinski definition) is 0. The zero-order chi connectivity index (χ0) is 9.53. The summed E-state index contributed by atoms with van der Waals surface area (Å²) < 4.78 is 31.6. The molecule has 1 saturated carbocycles. The molecule has 2 rings (SSSR count). The predicted octanol–water partition coefficient (Wildman–Crippen LogP) is 0.389. The van der Waals surface area contributed by atoms with Gasteiger partial charge in [-0.2, -0.15) is 8.42 Å². The van der Waals surface area contributed by atoms with Gasteiger partial charge in [0.15, 0.2) is 0 Å². The van der Waals surface area contributed by atoms with Crippen LogP contribution in [0, 0.1) is 11.3 Å². The molecule has 13 heavy (non-hydrogen) atoms. The van der Waals surface area contributed by atoms with E-state index in [1.54, 1.807) is 0 Å². The topological polar surface area (TPSA) is 52.6 Å². The summed E-state index contributed by atoms with van der Waals surface area (Å²) in [6.07, 6.45) is 1.96. The van der Waals surface area contributed by atoms with Gasteiger partial charge >= 0.3 is 0 Å². The van der Waals surface area contributed by atoms with Crippen LogP contribution in [0.1, 0.15) is 12.8 Å². The van der Waals surface area contributed by atoms with Crippen molar-refractivity contribution < 1.29 is 17.3 Å². The molecule has 1 saturated heterocycles. The first-order valence-corrected chi connectivity index (χ1v) is 5.99. The van der Waals surface area contributed by atoms with E-state index in [4.69, 9.17) is 4.74 Å². The van der Waals surface area contributed by atoms with Gasteiger partial charge in [0.25, 0.3) is 10.1 Å². The third kappa shape index (κ3) is 1.73. The summed E-state index contributed by atoms with van der Waals surface area (Å²) in [6, 6.07) is 0. The second kappa shape index (κ2) is 2.93. The molecule has 0 atom stereocenters. The van der Waals surface area contributed by atoms with Crippen LogP contribution in [0.15, 0.2) is 0 Å². The monoisotopic (exact) mass is 206 g/mol. The van der Waals surface area contributed by atoms with Crippen molar-refractivity contribution in [1.82, 2.24) is 0 Å². The molecule has 0 aromatic carbocycles. The molecule has 0 radical (unpaired) electrons. The first-order valence-electron chi connectivity index (χ1n) is 4.41. The van der Waals surface area contributed by atoms with Crippen LogP contribution >= 0.6 is 0 Å². The Morgan fingerprint density at radius 3 is 2.46 bits per heavy atom. The van der Waals surface area contributed by atoms with Crippen molar-refractivity contribution >= 4 is 10.1 Å². The highest BCUT2D eigenvalue weighted by Gasteiger charge is 2.50. The van der Waals surface area contributed by atoms with Gasteiger partial charge in [-0.3, -0.25) is 4.18 Å². The summed E-state index contributed by atoms with van der Waals surface area (Å²) in [4.78, 5) is 0. The molecule has 0 amide bonds. The molecule has 4 nitrogen and oxygen atoms in total. The van der Waals surface area contributed by atoms with Crippen LogP contribution in [0.25, 0.3) is 0 Å². The minimum absolute atomic E-state index is 0.172. The molecule has 0 aromatic rings. The quantitative estimate of drug-likeness (QED) is 0.627. The van der Waals surface area contributed by atoms with E-state index >= 15 is 0 Å². The van der Waals surface area contributed by atoms with Gasteiger partial charge in [0.05, 0.1) is 26.1 Å². The average molecular weight is 206 g/mol. The van der Waals surface area contributed by atoms with Crippen molar-refractivity contribution in [2.45, 2.75) is 12.8 Å². The summed E-state index contributed by atoms with van der Waals surface area (Å²) in [5.74, 6) is 0.458. The smallest absolute Gasteiger partial charge is 0.267 e. The lowest BCUT2D eigenvalue weighted by atomic mass is 9.61. The Morgan fingerprint density at radius 1 is 1.46 bits per heavy atom. The highest BCUT2D eigenvalue weighted by atomic mass is 32.2. The van der Waals surface area contributed by atoms with Crippen molar-refractivity contribution in [3.8, 4) is 0 Å². The second-order valence-corrected chi connectivity index (χ2v) is 5.94. The molecule has 5 heteroatoms. The minimum atomic E-state index is -3.25. The Balaban J connectivity index is 1.81. The van der Waals surface area contributed by atoms with E-state index in [-0.39, 0.29) is 11.7 Å². The van der Waals surface area contributed by atoms with Crippen LogP contribution in [-0.4, -0.2) is 34.5 Å². The Bertz CT molecular complexity index is 283. The molecule has 1 aliphatic heterocycles. The molecule has 76 valence electrons. The molecule has 1 spiro atoms. The van der Waals surface area contributed by atoms with Gasteiger partial charge in [-0.15, -0.1) is 0 Å². The van der Waals surface area contributed by atoms with E-state index < -0.39 is 10.1 Å². The Kier molecular flexibility index (Phi) is 2.13. The lowest BCUT2D eigenvalue weighted by molar-refractivity contribution is -0.174. The van der Waals surface area contributed by atoms with Gasteiger partial charge in [0.2, 0.25) is 0 Å². The molecule has 2 aliphatic rings. The van der Waals surface area contributed by atoms with E-state index in [1.165, 1.54) is 7.11 Å². The first-order chi connectivity index (χ1) is 6.05. The van der Waals surface area contributed by atoms with Crippen LogP contribution < -0.4 is 0 Å². The van der Waals surface area contributed by atoms with Gasteiger partial charge in [0, 0.05) is 5.41 Å². The van der Waals surface area contributed by atoms with Crippen molar-refractivity contribution in [3.05, 3.63) is 0 Å². The van der Waals surface area contributed by atoms with Crippen molar-refractivity contribution in [2.75, 3.05) is 26.1 Å². The van der Waals surface area contributed by atoms with Crippen LogP contribution in [0.5, 0.6) is 0 Å². The largest absolute Gasteiger partial charge is 0.380 e. The predicted molar refractivity (Wildman–Crippen MR) is 46.8 cm³/mol. The van der Waals surface area contributed by atoms with Gasteiger partial charge in [-0.1, -0.05) is 0 Å². The average Bonchev–Trinajstić information content (AvgIpc) is 1.92. The van der Waals surface area contributed by atoms with Crippen molar-refractivity contribution in [1.29, 1.82) is 0 Å². The zero-order valence-electron chi connectivity index (χ0n) is 7.65. The Labute approximate surface area is 78.3 Å². The summed E-state index contributed by atoms with van der Waals surface area (Å²) >= 11 is 0. The van der Waals surface area contributed by atoms with Gasteiger partial charge in [0.1, 0.15) is 0 Å². The van der Waals surface area contributed by atoms with Gasteiger partial charge in [-0.25, -0.2) is 0 Å². The van der Waals surface area contributed by atoms with Crippen LogP contribution in [0.3, 0.4) is 0 Å². The zero-order valence-corrected chi connectivity index (χ0v) is 8.47. The Hall–Kier alpha value is -0.130.